The second-order valence-corrected chi connectivity index (χ2v) is 8.50. The molecule has 4 rings (SSSR count). The standard InChI is InChI=1S/C24H21Cl2N3O2/c1-15(17-4-6-18(25)7-5-17)14-29-22(21-11-19(26)8-9-20(21)24(29)31)23(30)28-13-16-3-2-10-27-12-16/h2-12,15,22H,13-14H2,1H3,(H,28,30). The van der Waals surface area contributed by atoms with E-state index < -0.39 is 6.04 Å². The lowest BCUT2D eigenvalue weighted by Gasteiger charge is -2.27. The van der Waals surface area contributed by atoms with Crippen LogP contribution in [-0.2, 0) is 11.3 Å². The molecule has 31 heavy (non-hydrogen) atoms. The molecule has 1 N–H and O–H groups in total. The molecule has 1 aliphatic heterocycles. The minimum atomic E-state index is -0.743. The molecule has 2 heterocycles. The molecule has 7 heteroatoms. The van der Waals surface area contributed by atoms with Gasteiger partial charge in [0.15, 0.2) is 0 Å². The Morgan fingerprint density at radius 3 is 2.58 bits per heavy atom. The number of benzene rings is 2. The number of fused-ring (bicyclic) bond motifs is 1. The van der Waals surface area contributed by atoms with Crippen LogP contribution in [0.15, 0.2) is 67.0 Å². The highest BCUT2D eigenvalue weighted by Gasteiger charge is 2.41. The van der Waals surface area contributed by atoms with E-state index in [0.717, 1.165) is 11.1 Å². The molecule has 2 atom stereocenters. The van der Waals surface area contributed by atoms with Crippen molar-refractivity contribution < 1.29 is 9.59 Å². The summed E-state index contributed by atoms with van der Waals surface area (Å²) in [6.45, 7) is 2.74. The second-order valence-electron chi connectivity index (χ2n) is 7.62. The summed E-state index contributed by atoms with van der Waals surface area (Å²) < 4.78 is 0. The molecule has 0 spiro atoms. The molecule has 0 radical (unpaired) electrons. The number of hydrogen-bond acceptors (Lipinski definition) is 3. The predicted octanol–water partition coefficient (Wildman–Crippen LogP) is 5.01. The molecule has 0 saturated heterocycles. The van der Waals surface area contributed by atoms with E-state index in [4.69, 9.17) is 23.2 Å². The summed E-state index contributed by atoms with van der Waals surface area (Å²) in [6, 6.07) is 15.6. The summed E-state index contributed by atoms with van der Waals surface area (Å²) in [5, 5.41) is 4.08. The molecule has 158 valence electrons. The lowest BCUT2D eigenvalue weighted by Crippen LogP contribution is -2.40. The molecule has 3 aromatic rings. The summed E-state index contributed by atoms with van der Waals surface area (Å²) >= 11 is 12.2. The minimum Gasteiger partial charge on any atom is -0.350 e. The van der Waals surface area contributed by atoms with Crippen LogP contribution >= 0.6 is 23.2 Å². The second kappa shape index (κ2) is 9.08. The first-order valence-electron chi connectivity index (χ1n) is 9.96. The number of rotatable bonds is 6. The van der Waals surface area contributed by atoms with Crippen LogP contribution in [0.3, 0.4) is 0 Å². The number of amides is 2. The first kappa shape index (κ1) is 21.3. The SMILES string of the molecule is CC(CN1C(=O)c2ccc(Cl)cc2C1C(=O)NCc1cccnc1)c1ccc(Cl)cc1. The Kier molecular flexibility index (Phi) is 6.25. The van der Waals surface area contributed by atoms with Crippen LogP contribution < -0.4 is 5.32 Å². The lowest BCUT2D eigenvalue weighted by molar-refractivity contribution is -0.125. The van der Waals surface area contributed by atoms with Gasteiger partial charge in [-0.25, -0.2) is 0 Å². The van der Waals surface area contributed by atoms with E-state index in [2.05, 4.69) is 10.3 Å². The average Bonchev–Trinajstić information content (AvgIpc) is 3.04. The minimum absolute atomic E-state index is 0.0135. The van der Waals surface area contributed by atoms with Crippen LogP contribution in [0.4, 0.5) is 0 Å². The topological polar surface area (TPSA) is 62.3 Å². The Hall–Kier alpha value is -2.89. The molecular formula is C24H21Cl2N3O2. The number of aromatic nitrogens is 1. The molecule has 0 aliphatic carbocycles. The summed E-state index contributed by atoms with van der Waals surface area (Å²) in [5.41, 5.74) is 3.06. The third-order valence-electron chi connectivity index (χ3n) is 5.46. The average molecular weight is 454 g/mol. The van der Waals surface area contributed by atoms with Crippen molar-refractivity contribution in [3.05, 3.63) is 99.3 Å². The van der Waals surface area contributed by atoms with Crippen LogP contribution in [0.2, 0.25) is 10.0 Å². The Morgan fingerprint density at radius 1 is 1.13 bits per heavy atom. The molecule has 0 fully saturated rings. The largest absolute Gasteiger partial charge is 0.350 e. The van der Waals surface area contributed by atoms with Crippen LogP contribution in [0, 0.1) is 0 Å². The van der Waals surface area contributed by atoms with Gasteiger partial charge in [-0.15, -0.1) is 0 Å². The molecule has 5 nitrogen and oxygen atoms in total. The fourth-order valence-electron chi connectivity index (χ4n) is 3.85. The summed E-state index contributed by atoms with van der Waals surface area (Å²) in [5.74, 6) is -0.407. The summed E-state index contributed by atoms with van der Waals surface area (Å²) in [6.07, 6.45) is 3.38. The van der Waals surface area contributed by atoms with Gasteiger partial charge in [0.25, 0.3) is 5.91 Å². The lowest BCUT2D eigenvalue weighted by atomic mass is 9.99. The van der Waals surface area contributed by atoms with Gasteiger partial charge >= 0.3 is 0 Å². The van der Waals surface area contributed by atoms with Gasteiger partial charge in [-0.05, 0) is 59.0 Å². The molecule has 0 saturated carbocycles. The van der Waals surface area contributed by atoms with Crippen LogP contribution in [0.5, 0.6) is 0 Å². The van der Waals surface area contributed by atoms with Crippen molar-refractivity contribution in [3.63, 3.8) is 0 Å². The highest BCUT2D eigenvalue weighted by Crippen LogP contribution is 2.37. The monoisotopic (exact) mass is 453 g/mol. The van der Waals surface area contributed by atoms with Gasteiger partial charge in [0.05, 0.1) is 0 Å². The van der Waals surface area contributed by atoms with Gasteiger partial charge in [0, 0.05) is 41.1 Å². The number of carbonyl (C=O) groups excluding carboxylic acids is 2. The van der Waals surface area contributed by atoms with E-state index in [1.165, 1.54) is 0 Å². The van der Waals surface area contributed by atoms with Gasteiger partial charge in [-0.1, -0.05) is 48.3 Å². The zero-order chi connectivity index (χ0) is 22.0. The van der Waals surface area contributed by atoms with Crippen molar-refractivity contribution in [3.8, 4) is 0 Å². The van der Waals surface area contributed by atoms with Crippen molar-refractivity contribution >= 4 is 35.0 Å². The van der Waals surface area contributed by atoms with Crippen molar-refractivity contribution in [2.75, 3.05) is 6.54 Å². The number of pyridine rings is 1. The van der Waals surface area contributed by atoms with E-state index in [-0.39, 0.29) is 17.7 Å². The van der Waals surface area contributed by atoms with E-state index in [1.54, 1.807) is 35.5 Å². The Balaban J connectivity index is 1.60. The molecule has 2 unspecified atom stereocenters. The Labute approximate surface area is 191 Å². The quantitative estimate of drug-likeness (QED) is 0.570. The normalized spacial score (nSPS) is 16.2. The molecule has 2 amide bonds. The molecule has 0 bridgehead atoms. The number of halogens is 2. The molecule has 2 aromatic carbocycles. The Bertz CT molecular complexity index is 1100. The number of nitrogens with one attached hydrogen (secondary N) is 1. The maximum absolute atomic E-state index is 13.2. The summed E-state index contributed by atoms with van der Waals surface area (Å²) in [7, 11) is 0. The van der Waals surface area contributed by atoms with Gasteiger partial charge in [0.2, 0.25) is 5.91 Å². The number of hydrogen-bond donors (Lipinski definition) is 1. The smallest absolute Gasteiger partial charge is 0.255 e. The maximum atomic E-state index is 13.2. The van der Waals surface area contributed by atoms with Gasteiger partial charge in [0.1, 0.15) is 6.04 Å². The zero-order valence-corrected chi connectivity index (χ0v) is 18.4. The highest BCUT2D eigenvalue weighted by molar-refractivity contribution is 6.31. The van der Waals surface area contributed by atoms with Gasteiger partial charge < -0.3 is 10.2 Å². The van der Waals surface area contributed by atoms with Crippen molar-refractivity contribution in [1.29, 1.82) is 0 Å². The van der Waals surface area contributed by atoms with Crippen LogP contribution in [0.25, 0.3) is 0 Å². The third kappa shape index (κ3) is 4.58. The third-order valence-corrected chi connectivity index (χ3v) is 5.95. The number of nitrogens with zero attached hydrogens (tertiary/aromatic N) is 2. The maximum Gasteiger partial charge on any atom is 0.255 e. The van der Waals surface area contributed by atoms with Crippen molar-refractivity contribution in [2.24, 2.45) is 0 Å². The van der Waals surface area contributed by atoms with Gasteiger partial charge in [-0.2, -0.15) is 0 Å². The van der Waals surface area contributed by atoms with E-state index >= 15 is 0 Å². The van der Waals surface area contributed by atoms with E-state index in [0.29, 0.717) is 34.3 Å². The van der Waals surface area contributed by atoms with E-state index in [9.17, 15) is 9.59 Å². The molecule has 1 aliphatic rings. The highest BCUT2D eigenvalue weighted by atomic mass is 35.5. The zero-order valence-electron chi connectivity index (χ0n) is 16.9. The molecular weight excluding hydrogens is 433 g/mol. The van der Waals surface area contributed by atoms with Crippen LogP contribution in [0.1, 0.15) is 45.9 Å². The summed E-state index contributed by atoms with van der Waals surface area (Å²) in [4.78, 5) is 32.1. The predicted molar refractivity (Wildman–Crippen MR) is 121 cm³/mol. The first-order chi connectivity index (χ1) is 14.9. The van der Waals surface area contributed by atoms with Crippen molar-refractivity contribution in [2.45, 2.75) is 25.4 Å². The van der Waals surface area contributed by atoms with E-state index in [1.807, 2.05) is 43.3 Å². The Morgan fingerprint density at radius 2 is 1.87 bits per heavy atom. The molecule has 1 aromatic heterocycles. The van der Waals surface area contributed by atoms with Crippen molar-refractivity contribution in [1.82, 2.24) is 15.2 Å². The van der Waals surface area contributed by atoms with Crippen LogP contribution in [-0.4, -0.2) is 28.2 Å². The number of carbonyl (C=O) groups is 2. The van der Waals surface area contributed by atoms with Gasteiger partial charge in [-0.3, -0.25) is 14.6 Å². The first-order valence-corrected chi connectivity index (χ1v) is 10.7. The fourth-order valence-corrected chi connectivity index (χ4v) is 4.15. The fraction of sp³-hybridized carbons (Fsp3) is 0.208.